The molecule has 0 aliphatic rings. The van der Waals surface area contributed by atoms with Crippen molar-refractivity contribution in [3.63, 3.8) is 0 Å². The molecule has 2 heterocycles. The average Bonchev–Trinajstić information content (AvgIpc) is 3.04. The van der Waals surface area contributed by atoms with E-state index in [2.05, 4.69) is 15.4 Å². The number of thiazole rings is 1. The Labute approximate surface area is 127 Å². The Kier molecular flexibility index (Phi) is 4.46. The van der Waals surface area contributed by atoms with Gasteiger partial charge in [0.2, 0.25) is 0 Å². The van der Waals surface area contributed by atoms with E-state index in [0.717, 1.165) is 11.7 Å². The molecule has 0 saturated heterocycles. The van der Waals surface area contributed by atoms with E-state index in [1.165, 1.54) is 11.3 Å². The molecule has 1 amide bonds. The van der Waals surface area contributed by atoms with Crippen LogP contribution >= 0.6 is 11.3 Å². The highest BCUT2D eigenvalue weighted by molar-refractivity contribution is 7.18. The first-order valence-corrected chi connectivity index (χ1v) is 7.57. The van der Waals surface area contributed by atoms with Crippen molar-refractivity contribution in [3.05, 3.63) is 17.3 Å². The zero-order valence-electron chi connectivity index (χ0n) is 12.6. The molecule has 114 valence electrons. The van der Waals surface area contributed by atoms with Crippen LogP contribution in [0.5, 0.6) is 0 Å². The summed E-state index contributed by atoms with van der Waals surface area (Å²) >= 11 is 1.28. The summed E-state index contributed by atoms with van der Waals surface area (Å²) in [5.41, 5.74) is 6.48. The molecular formula is C13H20N6OS. The molecule has 3 N–H and O–H groups in total. The van der Waals surface area contributed by atoms with Crippen LogP contribution in [-0.2, 0) is 0 Å². The Morgan fingerprint density at radius 2 is 2.29 bits per heavy atom. The highest BCUT2D eigenvalue weighted by Crippen LogP contribution is 2.28. The molecule has 0 fully saturated rings. The molecule has 2 aromatic heterocycles. The summed E-state index contributed by atoms with van der Waals surface area (Å²) in [7, 11) is 1.91. The lowest BCUT2D eigenvalue weighted by Gasteiger charge is -2.10. The monoisotopic (exact) mass is 308 g/mol. The minimum absolute atomic E-state index is 0.244. The van der Waals surface area contributed by atoms with Crippen molar-refractivity contribution in [2.45, 2.75) is 26.8 Å². The Balaban J connectivity index is 2.14. The molecule has 0 aliphatic heterocycles. The highest BCUT2D eigenvalue weighted by atomic mass is 32.1. The molecule has 0 bridgehead atoms. The molecule has 2 rings (SSSR count). The van der Waals surface area contributed by atoms with Crippen LogP contribution in [0.2, 0.25) is 0 Å². The fraction of sp³-hybridized carbons (Fsp3) is 0.462. The van der Waals surface area contributed by atoms with Crippen molar-refractivity contribution in [1.82, 2.24) is 14.8 Å². The molecule has 0 aromatic carbocycles. The van der Waals surface area contributed by atoms with E-state index in [9.17, 15) is 4.79 Å². The van der Waals surface area contributed by atoms with Gasteiger partial charge in [-0.15, -0.1) is 0 Å². The Hall–Kier alpha value is -2.09. The van der Waals surface area contributed by atoms with Gasteiger partial charge in [0.15, 0.2) is 5.13 Å². The minimum atomic E-state index is -0.260. The number of nitrogens with one attached hydrogen (secondary N) is 1. The lowest BCUT2D eigenvalue weighted by atomic mass is 10.4. The largest absolute Gasteiger partial charge is 0.382 e. The molecule has 21 heavy (non-hydrogen) atoms. The predicted octanol–water partition coefficient (Wildman–Crippen LogP) is 2.21. The summed E-state index contributed by atoms with van der Waals surface area (Å²) < 4.78 is 1.78. The second-order valence-electron chi connectivity index (χ2n) is 4.98. The molecule has 0 aliphatic carbocycles. The summed E-state index contributed by atoms with van der Waals surface area (Å²) in [6, 6.07) is 0.244. The van der Waals surface area contributed by atoms with Gasteiger partial charge in [-0.3, -0.25) is 9.48 Å². The standard InChI is InChI=1S/C13H20N6OS/c1-5-18(4)13-17-11(14)10(21-13)12(20)16-9-6-15-19(7-9)8(2)3/h6-8H,5,14H2,1-4H3,(H,16,20). The Morgan fingerprint density at radius 1 is 1.57 bits per heavy atom. The minimum Gasteiger partial charge on any atom is -0.382 e. The van der Waals surface area contributed by atoms with Gasteiger partial charge in [-0.2, -0.15) is 5.10 Å². The number of hydrogen-bond donors (Lipinski definition) is 2. The van der Waals surface area contributed by atoms with Crippen molar-refractivity contribution >= 4 is 33.9 Å². The zero-order valence-corrected chi connectivity index (χ0v) is 13.4. The molecule has 2 aromatic rings. The summed E-state index contributed by atoms with van der Waals surface area (Å²) in [6.07, 6.45) is 3.41. The third-order valence-corrected chi connectivity index (χ3v) is 4.22. The number of rotatable bonds is 5. The smallest absolute Gasteiger partial charge is 0.269 e. The molecule has 0 saturated carbocycles. The second-order valence-corrected chi connectivity index (χ2v) is 5.96. The fourth-order valence-electron chi connectivity index (χ4n) is 1.65. The summed E-state index contributed by atoms with van der Waals surface area (Å²) in [6.45, 7) is 6.85. The molecule has 8 heteroatoms. The van der Waals surface area contributed by atoms with Crippen LogP contribution in [0.4, 0.5) is 16.6 Å². The van der Waals surface area contributed by atoms with Crippen LogP contribution in [0.25, 0.3) is 0 Å². The van der Waals surface area contributed by atoms with Gasteiger partial charge in [0, 0.05) is 25.8 Å². The highest BCUT2D eigenvalue weighted by Gasteiger charge is 2.18. The maximum absolute atomic E-state index is 12.3. The number of anilines is 3. The van der Waals surface area contributed by atoms with E-state index >= 15 is 0 Å². The van der Waals surface area contributed by atoms with Crippen molar-refractivity contribution in [3.8, 4) is 0 Å². The Morgan fingerprint density at radius 3 is 2.86 bits per heavy atom. The summed E-state index contributed by atoms with van der Waals surface area (Å²) in [5.74, 6) is -0.00638. The molecular weight excluding hydrogens is 288 g/mol. The lowest BCUT2D eigenvalue weighted by Crippen LogP contribution is -2.15. The maximum Gasteiger partial charge on any atom is 0.269 e. The van der Waals surface area contributed by atoms with Gasteiger partial charge in [-0.25, -0.2) is 4.98 Å². The van der Waals surface area contributed by atoms with Crippen molar-refractivity contribution in [1.29, 1.82) is 0 Å². The van der Waals surface area contributed by atoms with Crippen LogP contribution in [0.15, 0.2) is 12.4 Å². The van der Waals surface area contributed by atoms with Crippen LogP contribution < -0.4 is 16.0 Å². The first-order valence-electron chi connectivity index (χ1n) is 6.75. The van der Waals surface area contributed by atoms with Crippen molar-refractivity contribution < 1.29 is 4.79 Å². The van der Waals surface area contributed by atoms with E-state index in [1.54, 1.807) is 17.1 Å². The summed E-state index contributed by atoms with van der Waals surface area (Å²) in [4.78, 5) is 18.8. The molecule has 0 atom stereocenters. The van der Waals surface area contributed by atoms with Gasteiger partial charge in [-0.1, -0.05) is 11.3 Å². The van der Waals surface area contributed by atoms with Gasteiger partial charge in [0.25, 0.3) is 5.91 Å². The van der Waals surface area contributed by atoms with Gasteiger partial charge < -0.3 is 16.0 Å². The molecule has 0 spiro atoms. The van der Waals surface area contributed by atoms with E-state index in [4.69, 9.17) is 5.73 Å². The normalized spacial score (nSPS) is 10.9. The van der Waals surface area contributed by atoms with Crippen LogP contribution in [0.3, 0.4) is 0 Å². The number of nitrogens with two attached hydrogens (primary N) is 1. The third kappa shape index (κ3) is 3.33. The van der Waals surface area contributed by atoms with Gasteiger partial charge in [-0.05, 0) is 20.8 Å². The number of aromatic nitrogens is 3. The fourth-order valence-corrected chi connectivity index (χ4v) is 2.56. The predicted molar refractivity (Wildman–Crippen MR) is 86.0 cm³/mol. The number of nitrogen functional groups attached to an aromatic ring is 1. The summed E-state index contributed by atoms with van der Waals surface area (Å²) in [5, 5.41) is 7.71. The number of carbonyl (C=O) groups excluding carboxylic acids is 1. The SMILES string of the molecule is CCN(C)c1nc(N)c(C(=O)Nc2cnn(C(C)C)c2)s1. The Bertz CT molecular complexity index is 632. The molecule has 0 radical (unpaired) electrons. The topological polar surface area (TPSA) is 89.1 Å². The lowest BCUT2D eigenvalue weighted by molar-refractivity contribution is 0.103. The van der Waals surface area contributed by atoms with Gasteiger partial charge in [0.05, 0.1) is 11.9 Å². The van der Waals surface area contributed by atoms with E-state index in [1.807, 2.05) is 32.7 Å². The number of hydrogen-bond acceptors (Lipinski definition) is 6. The first kappa shape index (κ1) is 15.3. The average molecular weight is 308 g/mol. The van der Waals surface area contributed by atoms with Crippen LogP contribution in [0, 0.1) is 0 Å². The number of amides is 1. The van der Waals surface area contributed by atoms with Crippen molar-refractivity contribution in [2.75, 3.05) is 29.5 Å². The molecule has 7 nitrogen and oxygen atoms in total. The first-order chi connectivity index (χ1) is 9.92. The molecule has 0 unspecified atom stereocenters. The zero-order chi connectivity index (χ0) is 15.6. The maximum atomic E-state index is 12.3. The van der Waals surface area contributed by atoms with Gasteiger partial charge in [0.1, 0.15) is 10.7 Å². The van der Waals surface area contributed by atoms with Crippen LogP contribution in [-0.4, -0.2) is 34.3 Å². The quantitative estimate of drug-likeness (QED) is 0.884. The number of carbonyl (C=O) groups is 1. The van der Waals surface area contributed by atoms with Gasteiger partial charge >= 0.3 is 0 Å². The van der Waals surface area contributed by atoms with E-state index in [0.29, 0.717) is 10.6 Å². The second kappa shape index (κ2) is 6.13. The number of nitrogens with zero attached hydrogens (tertiary/aromatic N) is 4. The van der Waals surface area contributed by atoms with E-state index in [-0.39, 0.29) is 17.8 Å². The van der Waals surface area contributed by atoms with Crippen LogP contribution in [0.1, 0.15) is 36.5 Å². The third-order valence-electron chi connectivity index (χ3n) is 3.04. The van der Waals surface area contributed by atoms with E-state index < -0.39 is 0 Å². The van der Waals surface area contributed by atoms with Crippen molar-refractivity contribution in [2.24, 2.45) is 0 Å².